The van der Waals surface area contributed by atoms with E-state index in [9.17, 15) is 18.8 Å². The first-order valence-electron chi connectivity index (χ1n) is 8.70. The van der Waals surface area contributed by atoms with Crippen molar-refractivity contribution in [3.63, 3.8) is 0 Å². The van der Waals surface area contributed by atoms with Gasteiger partial charge in [-0.3, -0.25) is 9.59 Å². The van der Waals surface area contributed by atoms with E-state index in [2.05, 4.69) is 10.5 Å². The highest BCUT2D eigenvalue weighted by Crippen LogP contribution is 2.13. The topological polar surface area (TPSA) is 102 Å². The zero-order valence-electron chi connectivity index (χ0n) is 16.0. The number of aryl methyl sites for hydroxylation is 2. The standard InChI is InChI=1S/C19H22FN3O5/c1-4-23(10-16(24)21-9-14-5-7-15(20)8-6-14)17(25)11-27-19(26)18-12(2)22-28-13(18)3/h5-8H,4,9-11H2,1-3H3,(H,21,24). The summed E-state index contributed by atoms with van der Waals surface area (Å²) in [4.78, 5) is 37.7. The number of benzene rings is 1. The molecule has 1 heterocycles. The second-order valence-electron chi connectivity index (χ2n) is 6.09. The molecule has 28 heavy (non-hydrogen) atoms. The van der Waals surface area contributed by atoms with E-state index in [0.29, 0.717) is 11.5 Å². The molecule has 0 fully saturated rings. The number of nitrogens with one attached hydrogen (secondary N) is 1. The van der Waals surface area contributed by atoms with Crippen LogP contribution in [0.1, 0.15) is 34.3 Å². The van der Waals surface area contributed by atoms with Gasteiger partial charge in [0.05, 0.1) is 12.2 Å². The molecule has 0 atom stereocenters. The van der Waals surface area contributed by atoms with Crippen LogP contribution in [0.15, 0.2) is 28.8 Å². The average Bonchev–Trinajstić information content (AvgIpc) is 3.01. The number of ether oxygens (including phenoxy) is 1. The number of amides is 2. The van der Waals surface area contributed by atoms with Gasteiger partial charge in [-0.25, -0.2) is 9.18 Å². The highest BCUT2D eigenvalue weighted by atomic mass is 19.1. The van der Waals surface area contributed by atoms with Crippen molar-refractivity contribution in [3.05, 3.63) is 52.7 Å². The Morgan fingerprint density at radius 2 is 1.89 bits per heavy atom. The lowest BCUT2D eigenvalue weighted by atomic mass is 10.2. The molecule has 1 aromatic carbocycles. The van der Waals surface area contributed by atoms with Gasteiger partial charge >= 0.3 is 5.97 Å². The smallest absolute Gasteiger partial charge is 0.344 e. The van der Waals surface area contributed by atoms with Gasteiger partial charge in [-0.1, -0.05) is 17.3 Å². The number of hydrogen-bond donors (Lipinski definition) is 1. The van der Waals surface area contributed by atoms with Crippen molar-refractivity contribution in [2.75, 3.05) is 19.7 Å². The number of aromatic nitrogens is 1. The van der Waals surface area contributed by atoms with Crippen molar-refractivity contribution in [2.45, 2.75) is 27.3 Å². The lowest BCUT2D eigenvalue weighted by Gasteiger charge is -2.20. The fraction of sp³-hybridized carbons (Fsp3) is 0.368. The molecule has 150 valence electrons. The number of hydrogen-bond acceptors (Lipinski definition) is 6. The molecule has 0 unspecified atom stereocenters. The fourth-order valence-corrected chi connectivity index (χ4v) is 2.47. The third kappa shape index (κ3) is 5.63. The van der Waals surface area contributed by atoms with Crippen LogP contribution >= 0.6 is 0 Å². The second-order valence-corrected chi connectivity index (χ2v) is 6.09. The Balaban J connectivity index is 1.82. The van der Waals surface area contributed by atoms with Crippen LogP contribution in [-0.4, -0.2) is 47.5 Å². The normalized spacial score (nSPS) is 10.4. The number of esters is 1. The summed E-state index contributed by atoms with van der Waals surface area (Å²) >= 11 is 0. The number of likely N-dealkylation sites (N-methyl/N-ethyl adjacent to an activating group) is 1. The molecule has 1 aromatic heterocycles. The summed E-state index contributed by atoms with van der Waals surface area (Å²) in [5.41, 5.74) is 1.30. The molecule has 0 spiro atoms. The number of carbonyl (C=O) groups is 3. The van der Waals surface area contributed by atoms with E-state index in [-0.39, 0.29) is 36.9 Å². The number of carbonyl (C=O) groups excluding carboxylic acids is 3. The first kappa shape index (κ1) is 21.1. The van der Waals surface area contributed by atoms with Crippen molar-refractivity contribution in [2.24, 2.45) is 0 Å². The van der Waals surface area contributed by atoms with Crippen molar-refractivity contribution in [1.82, 2.24) is 15.4 Å². The minimum Gasteiger partial charge on any atom is -0.452 e. The van der Waals surface area contributed by atoms with Crippen molar-refractivity contribution < 1.29 is 28.0 Å². The zero-order valence-corrected chi connectivity index (χ0v) is 16.0. The van der Waals surface area contributed by atoms with Crippen molar-refractivity contribution in [1.29, 1.82) is 0 Å². The van der Waals surface area contributed by atoms with Gasteiger partial charge in [0.25, 0.3) is 5.91 Å². The van der Waals surface area contributed by atoms with Gasteiger partial charge in [-0.05, 0) is 38.5 Å². The molecular weight excluding hydrogens is 369 g/mol. The van der Waals surface area contributed by atoms with E-state index in [0.717, 1.165) is 5.56 Å². The Hall–Kier alpha value is -3.23. The van der Waals surface area contributed by atoms with E-state index >= 15 is 0 Å². The van der Waals surface area contributed by atoms with E-state index in [1.165, 1.54) is 17.0 Å². The molecule has 0 radical (unpaired) electrons. The molecule has 0 bridgehead atoms. The third-order valence-electron chi connectivity index (χ3n) is 4.04. The molecule has 8 nitrogen and oxygen atoms in total. The first-order chi connectivity index (χ1) is 13.3. The van der Waals surface area contributed by atoms with Crippen LogP contribution in [0.4, 0.5) is 4.39 Å². The zero-order chi connectivity index (χ0) is 20.7. The van der Waals surface area contributed by atoms with Crippen LogP contribution < -0.4 is 5.32 Å². The summed E-state index contributed by atoms with van der Waals surface area (Å²) in [6.45, 7) is 4.68. The Labute approximate surface area is 161 Å². The molecule has 1 N–H and O–H groups in total. The van der Waals surface area contributed by atoms with E-state index in [1.807, 2.05) is 0 Å². The number of nitrogens with zero attached hydrogens (tertiary/aromatic N) is 2. The maximum Gasteiger partial charge on any atom is 0.344 e. The van der Waals surface area contributed by atoms with Gasteiger partial charge in [0.2, 0.25) is 5.91 Å². The molecule has 0 saturated heterocycles. The first-order valence-corrected chi connectivity index (χ1v) is 8.70. The average molecular weight is 391 g/mol. The Bertz CT molecular complexity index is 828. The minimum absolute atomic E-state index is 0.181. The van der Waals surface area contributed by atoms with E-state index in [1.54, 1.807) is 32.9 Å². The van der Waals surface area contributed by atoms with Crippen LogP contribution in [0.5, 0.6) is 0 Å². The summed E-state index contributed by atoms with van der Waals surface area (Å²) in [7, 11) is 0. The summed E-state index contributed by atoms with van der Waals surface area (Å²) in [6, 6.07) is 5.73. The van der Waals surface area contributed by atoms with Gasteiger partial charge in [-0.15, -0.1) is 0 Å². The van der Waals surface area contributed by atoms with Gasteiger partial charge in [-0.2, -0.15) is 0 Å². The highest BCUT2D eigenvalue weighted by molar-refractivity contribution is 5.93. The van der Waals surface area contributed by atoms with Gasteiger partial charge in [0.15, 0.2) is 6.61 Å². The van der Waals surface area contributed by atoms with Crippen LogP contribution in [0.3, 0.4) is 0 Å². The predicted octanol–water partition coefficient (Wildman–Crippen LogP) is 1.75. The third-order valence-corrected chi connectivity index (χ3v) is 4.04. The Morgan fingerprint density at radius 3 is 2.46 bits per heavy atom. The molecule has 0 aliphatic heterocycles. The van der Waals surface area contributed by atoms with Gasteiger partial charge < -0.3 is 19.5 Å². The largest absolute Gasteiger partial charge is 0.452 e. The van der Waals surface area contributed by atoms with Gasteiger partial charge in [0, 0.05) is 13.1 Å². The molecule has 2 rings (SSSR count). The SMILES string of the molecule is CCN(CC(=O)NCc1ccc(F)cc1)C(=O)COC(=O)c1c(C)noc1C. The lowest BCUT2D eigenvalue weighted by molar-refractivity contribution is -0.138. The molecular formula is C19H22FN3O5. The van der Waals surface area contributed by atoms with E-state index in [4.69, 9.17) is 9.26 Å². The minimum atomic E-state index is -0.707. The fourth-order valence-electron chi connectivity index (χ4n) is 2.47. The molecule has 0 aliphatic carbocycles. The Kier molecular flexibility index (Phi) is 7.25. The molecule has 2 aromatic rings. The molecule has 0 saturated carbocycles. The highest BCUT2D eigenvalue weighted by Gasteiger charge is 2.22. The second kappa shape index (κ2) is 9.63. The summed E-state index contributed by atoms with van der Waals surface area (Å²) < 4.78 is 22.8. The summed E-state index contributed by atoms with van der Waals surface area (Å²) in [6.07, 6.45) is 0. The van der Waals surface area contributed by atoms with Crippen LogP contribution in [-0.2, 0) is 20.9 Å². The van der Waals surface area contributed by atoms with E-state index < -0.39 is 18.5 Å². The number of halogens is 1. The Morgan fingerprint density at radius 1 is 1.21 bits per heavy atom. The molecule has 9 heteroatoms. The summed E-state index contributed by atoms with van der Waals surface area (Å²) in [5, 5.41) is 6.32. The lowest BCUT2D eigenvalue weighted by Crippen LogP contribution is -2.42. The quantitative estimate of drug-likeness (QED) is 0.688. The van der Waals surface area contributed by atoms with Gasteiger partial charge in [0.1, 0.15) is 17.1 Å². The maximum atomic E-state index is 12.9. The number of rotatable bonds is 8. The molecule has 0 aliphatic rings. The van der Waals surface area contributed by atoms with Crippen molar-refractivity contribution >= 4 is 17.8 Å². The predicted molar refractivity (Wildman–Crippen MR) is 96.8 cm³/mol. The van der Waals surface area contributed by atoms with Crippen molar-refractivity contribution in [3.8, 4) is 0 Å². The summed E-state index contributed by atoms with van der Waals surface area (Å²) in [5.74, 6) is -1.64. The van der Waals surface area contributed by atoms with Crippen LogP contribution in [0.25, 0.3) is 0 Å². The van der Waals surface area contributed by atoms with Crippen LogP contribution in [0, 0.1) is 19.7 Å². The van der Waals surface area contributed by atoms with Crippen LogP contribution in [0.2, 0.25) is 0 Å². The maximum absolute atomic E-state index is 12.9. The monoisotopic (exact) mass is 391 g/mol. The molecule has 2 amide bonds.